The zero-order chi connectivity index (χ0) is 23.2. The van der Waals surface area contributed by atoms with Gasteiger partial charge in [-0.15, -0.1) is 0 Å². The lowest BCUT2D eigenvalue weighted by Crippen LogP contribution is -2.53. The van der Waals surface area contributed by atoms with Gasteiger partial charge in [-0.1, -0.05) is 42.5 Å². The van der Waals surface area contributed by atoms with Crippen LogP contribution in [0.4, 0.5) is 16.2 Å². The third-order valence-corrected chi connectivity index (χ3v) is 5.39. The van der Waals surface area contributed by atoms with Crippen molar-refractivity contribution in [1.29, 1.82) is 0 Å². The lowest BCUT2D eigenvalue weighted by molar-refractivity contribution is -0.123. The fourth-order valence-electron chi connectivity index (χ4n) is 3.83. The van der Waals surface area contributed by atoms with Crippen molar-refractivity contribution in [2.24, 2.45) is 0 Å². The molecule has 4 rings (SSSR count). The van der Waals surface area contributed by atoms with Crippen LogP contribution in [-0.2, 0) is 22.6 Å². The number of nitrogens with one attached hydrogen (secondary N) is 2. The average molecular weight is 447 g/mol. The Morgan fingerprint density at radius 1 is 1.00 bits per heavy atom. The van der Waals surface area contributed by atoms with E-state index in [1.165, 1.54) is 9.80 Å². The van der Waals surface area contributed by atoms with Gasteiger partial charge < -0.3 is 15.1 Å². The molecule has 1 atom stereocenters. The Morgan fingerprint density at radius 2 is 1.73 bits per heavy atom. The van der Waals surface area contributed by atoms with E-state index in [0.717, 1.165) is 11.3 Å². The highest BCUT2D eigenvalue weighted by molar-refractivity contribution is 6.12. The summed E-state index contributed by atoms with van der Waals surface area (Å²) in [5.41, 5.74) is 2.07. The number of amides is 4. The van der Waals surface area contributed by atoms with Crippen LogP contribution >= 0.6 is 0 Å². The van der Waals surface area contributed by atoms with Crippen LogP contribution < -0.4 is 20.4 Å². The summed E-state index contributed by atoms with van der Waals surface area (Å²) in [6.07, 6.45) is 2.15. The van der Waals surface area contributed by atoms with Crippen LogP contribution in [0.5, 0.6) is 0 Å². The first-order valence-electron chi connectivity index (χ1n) is 10.8. The second kappa shape index (κ2) is 10.0. The lowest BCUT2D eigenvalue weighted by Gasteiger charge is -2.35. The van der Waals surface area contributed by atoms with Crippen molar-refractivity contribution in [2.75, 3.05) is 22.9 Å². The molecule has 0 fully saturated rings. The van der Waals surface area contributed by atoms with Crippen LogP contribution in [0.3, 0.4) is 0 Å². The van der Waals surface area contributed by atoms with E-state index in [2.05, 4.69) is 10.6 Å². The van der Waals surface area contributed by atoms with E-state index in [1.54, 1.807) is 36.6 Å². The van der Waals surface area contributed by atoms with Gasteiger partial charge in [0.2, 0.25) is 11.8 Å². The summed E-state index contributed by atoms with van der Waals surface area (Å²) in [6.45, 7) is 1.96. The maximum atomic E-state index is 12.9. The number of nitrogens with zero attached hydrogens (tertiary/aromatic N) is 2. The van der Waals surface area contributed by atoms with Gasteiger partial charge in [-0.25, -0.2) is 4.79 Å². The van der Waals surface area contributed by atoms with Crippen molar-refractivity contribution < 1.29 is 18.8 Å². The number of rotatable bonds is 7. The standard InChI is InChI=1S/C25H26N4O4/c1-18(14-20-10-7-13-33-20)27-23(30)16-28-21-11-5-6-12-22(21)29(17-24(28)31)25(32)26-15-19-8-3-2-4-9-19/h2-13,18H,14-17H2,1H3,(H,26,32)(H,27,30)/t18-/m0/s1. The van der Waals surface area contributed by atoms with Crippen molar-refractivity contribution in [1.82, 2.24) is 10.6 Å². The van der Waals surface area contributed by atoms with Gasteiger partial charge in [0.15, 0.2) is 0 Å². The summed E-state index contributed by atoms with van der Waals surface area (Å²) in [5, 5.41) is 5.76. The van der Waals surface area contributed by atoms with Crippen molar-refractivity contribution >= 4 is 29.2 Å². The van der Waals surface area contributed by atoms with Gasteiger partial charge in [0.25, 0.3) is 0 Å². The minimum absolute atomic E-state index is 0.127. The summed E-state index contributed by atoms with van der Waals surface area (Å²) in [4.78, 5) is 41.3. The summed E-state index contributed by atoms with van der Waals surface area (Å²) in [5.74, 6) is 0.177. The maximum absolute atomic E-state index is 12.9. The fourth-order valence-corrected chi connectivity index (χ4v) is 3.83. The van der Waals surface area contributed by atoms with Gasteiger partial charge in [-0.3, -0.25) is 19.4 Å². The highest BCUT2D eigenvalue weighted by Crippen LogP contribution is 2.33. The number of hydrogen-bond donors (Lipinski definition) is 2. The van der Waals surface area contributed by atoms with Crippen LogP contribution in [0.15, 0.2) is 77.4 Å². The van der Waals surface area contributed by atoms with E-state index in [1.807, 2.05) is 43.3 Å². The van der Waals surface area contributed by atoms with Crippen LogP contribution in [0.2, 0.25) is 0 Å². The molecule has 33 heavy (non-hydrogen) atoms. The molecular weight excluding hydrogens is 420 g/mol. The number of hydrogen-bond acceptors (Lipinski definition) is 4. The normalized spacial score (nSPS) is 13.9. The highest BCUT2D eigenvalue weighted by Gasteiger charge is 2.33. The van der Waals surface area contributed by atoms with Gasteiger partial charge in [0.05, 0.1) is 17.6 Å². The summed E-state index contributed by atoms with van der Waals surface area (Å²) in [6, 6.07) is 19.8. The number of carbonyl (C=O) groups excluding carboxylic acids is 3. The highest BCUT2D eigenvalue weighted by atomic mass is 16.3. The van der Waals surface area contributed by atoms with E-state index in [9.17, 15) is 14.4 Å². The molecule has 0 bridgehead atoms. The fraction of sp³-hybridized carbons (Fsp3) is 0.240. The van der Waals surface area contributed by atoms with Crippen molar-refractivity contribution in [3.05, 3.63) is 84.3 Å². The molecule has 2 heterocycles. The molecule has 0 radical (unpaired) electrons. The van der Waals surface area contributed by atoms with Gasteiger partial charge in [0, 0.05) is 19.0 Å². The maximum Gasteiger partial charge on any atom is 0.322 e. The molecule has 0 saturated heterocycles. The zero-order valence-electron chi connectivity index (χ0n) is 18.4. The third-order valence-electron chi connectivity index (χ3n) is 5.39. The van der Waals surface area contributed by atoms with Gasteiger partial charge in [0.1, 0.15) is 18.8 Å². The van der Waals surface area contributed by atoms with Crippen molar-refractivity contribution in [3.63, 3.8) is 0 Å². The minimum Gasteiger partial charge on any atom is -0.469 e. The molecule has 0 spiro atoms. The summed E-state index contributed by atoms with van der Waals surface area (Å²) < 4.78 is 5.32. The average Bonchev–Trinajstić information content (AvgIpc) is 3.32. The third kappa shape index (κ3) is 5.41. The molecule has 1 aliphatic heterocycles. The monoisotopic (exact) mass is 446 g/mol. The molecule has 0 aliphatic carbocycles. The Bertz CT molecular complexity index is 1110. The first kappa shape index (κ1) is 22.1. The van der Waals surface area contributed by atoms with Crippen LogP contribution in [0.1, 0.15) is 18.2 Å². The molecule has 0 unspecified atom stereocenters. The number of carbonyl (C=O) groups is 3. The number of benzene rings is 2. The molecule has 1 aliphatic rings. The Morgan fingerprint density at radius 3 is 2.45 bits per heavy atom. The quantitative estimate of drug-likeness (QED) is 0.583. The number of urea groups is 1. The molecule has 4 amide bonds. The first-order valence-corrected chi connectivity index (χ1v) is 10.8. The van der Waals surface area contributed by atoms with Crippen LogP contribution in [0, 0.1) is 0 Å². The van der Waals surface area contributed by atoms with Gasteiger partial charge in [-0.05, 0) is 36.8 Å². The first-order chi connectivity index (χ1) is 16.0. The minimum atomic E-state index is -0.365. The molecular formula is C25H26N4O4. The molecule has 170 valence electrons. The summed E-state index contributed by atoms with van der Waals surface area (Å²) >= 11 is 0. The molecule has 2 aromatic carbocycles. The predicted molar refractivity (Wildman–Crippen MR) is 125 cm³/mol. The van der Waals surface area contributed by atoms with E-state index < -0.39 is 0 Å². The van der Waals surface area contributed by atoms with Gasteiger partial charge >= 0.3 is 6.03 Å². The van der Waals surface area contributed by atoms with E-state index in [-0.39, 0.29) is 37.0 Å². The lowest BCUT2D eigenvalue weighted by atomic mass is 10.1. The van der Waals surface area contributed by atoms with E-state index in [4.69, 9.17) is 4.42 Å². The predicted octanol–water partition coefficient (Wildman–Crippen LogP) is 3.09. The molecule has 2 N–H and O–H groups in total. The number of anilines is 2. The van der Waals surface area contributed by atoms with Gasteiger partial charge in [-0.2, -0.15) is 0 Å². The molecule has 0 saturated carbocycles. The van der Waals surface area contributed by atoms with E-state index >= 15 is 0 Å². The SMILES string of the molecule is C[C@@H](Cc1ccco1)NC(=O)CN1C(=O)CN(C(=O)NCc2ccccc2)c2ccccc21. The number of fused-ring (bicyclic) bond motifs is 1. The Kier molecular flexibility index (Phi) is 6.73. The second-order valence-electron chi connectivity index (χ2n) is 7.95. The van der Waals surface area contributed by atoms with Crippen molar-refractivity contribution in [3.8, 4) is 0 Å². The van der Waals surface area contributed by atoms with Crippen LogP contribution in [-0.4, -0.2) is 37.0 Å². The molecule has 3 aromatic rings. The molecule has 1 aromatic heterocycles. The smallest absolute Gasteiger partial charge is 0.322 e. The number of para-hydroxylation sites is 2. The second-order valence-corrected chi connectivity index (χ2v) is 7.95. The zero-order valence-corrected chi connectivity index (χ0v) is 18.4. The van der Waals surface area contributed by atoms with Crippen LogP contribution in [0.25, 0.3) is 0 Å². The topological polar surface area (TPSA) is 94.9 Å². The number of furan rings is 1. The molecule has 8 nitrogen and oxygen atoms in total. The van der Waals surface area contributed by atoms with E-state index in [0.29, 0.717) is 24.3 Å². The van der Waals surface area contributed by atoms with Crippen molar-refractivity contribution in [2.45, 2.75) is 25.9 Å². The Balaban J connectivity index is 1.42. The molecule has 8 heteroatoms. The summed E-state index contributed by atoms with van der Waals surface area (Å²) in [7, 11) is 0. The Labute approximate surface area is 192 Å². The largest absolute Gasteiger partial charge is 0.469 e. The Hall–Kier alpha value is -4.07.